The third-order valence-electron chi connectivity index (χ3n) is 4.87. The number of carbonyl (C=O) groups excluding carboxylic acids is 2. The molecule has 30 heavy (non-hydrogen) atoms. The van der Waals surface area contributed by atoms with Crippen molar-refractivity contribution in [3.8, 4) is 5.75 Å². The van der Waals surface area contributed by atoms with Gasteiger partial charge in [0.2, 0.25) is 0 Å². The molecule has 1 heterocycles. The Labute approximate surface area is 180 Å². The summed E-state index contributed by atoms with van der Waals surface area (Å²) in [5, 5.41) is 20.4. The molecule has 3 rings (SSSR count). The maximum absolute atomic E-state index is 12.9. The van der Waals surface area contributed by atoms with Gasteiger partial charge in [-0.25, -0.2) is 0 Å². The molecule has 1 aliphatic heterocycles. The van der Waals surface area contributed by atoms with Gasteiger partial charge in [-0.15, -0.1) is 0 Å². The number of rotatable bonds is 8. The molecule has 0 bridgehead atoms. The summed E-state index contributed by atoms with van der Waals surface area (Å²) in [5.74, 6) is -1.02. The Bertz CT molecular complexity index is 954. The van der Waals surface area contributed by atoms with Gasteiger partial charge in [-0.05, 0) is 48.4 Å². The van der Waals surface area contributed by atoms with Crippen LogP contribution in [0.3, 0.4) is 0 Å². The van der Waals surface area contributed by atoms with Crippen LogP contribution >= 0.6 is 11.6 Å². The Morgan fingerprint density at radius 2 is 1.90 bits per heavy atom. The molecule has 1 atom stereocenters. The lowest BCUT2D eigenvalue weighted by Crippen LogP contribution is -2.30. The summed E-state index contributed by atoms with van der Waals surface area (Å²) >= 11 is 5.93. The number of aliphatic hydroxyl groups excluding tert-OH is 2. The van der Waals surface area contributed by atoms with Crippen LogP contribution in [0.5, 0.6) is 5.75 Å². The van der Waals surface area contributed by atoms with E-state index in [1.165, 1.54) is 4.90 Å². The predicted molar refractivity (Wildman–Crippen MR) is 114 cm³/mol. The Morgan fingerprint density at radius 3 is 2.57 bits per heavy atom. The van der Waals surface area contributed by atoms with E-state index < -0.39 is 17.7 Å². The van der Waals surface area contributed by atoms with Crippen molar-refractivity contribution in [1.82, 2.24) is 4.90 Å². The van der Waals surface area contributed by atoms with Crippen LogP contribution < -0.4 is 4.74 Å². The van der Waals surface area contributed by atoms with Crippen LogP contribution in [0.2, 0.25) is 5.02 Å². The molecule has 1 unspecified atom stereocenters. The monoisotopic (exact) mass is 429 g/mol. The number of likely N-dealkylation sites (tertiary alicyclic amines) is 1. The molecule has 1 amide bonds. The summed E-state index contributed by atoms with van der Waals surface area (Å²) in [5.41, 5.74) is 1.12. The molecule has 0 aliphatic carbocycles. The number of halogens is 1. The zero-order valence-corrected chi connectivity index (χ0v) is 17.4. The summed E-state index contributed by atoms with van der Waals surface area (Å²) in [4.78, 5) is 27.1. The average molecular weight is 430 g/mol. The van der Waals surface area contributed by atoms with E-state index in [4.69, 9.17) is 21.4 Å². The Kier molecular flexibility index (Phi) is 7.13. The molecule has 0 saturated carbocycles. The molecule has 2 aromatic carbocycles. The highest BCUT2D eigenvalue weighted by Gasteiger charge is 2.45. The first-order chi connectivity index (χ1) is 14.5. The molecule has 0 radical (unpaired) electrons. The van der Waals surface area contributed by atoms with E-state index in [1.54, 1.807) is 48.5 Å². The van der Waals surface area contributed by atoms with Gasteiger partial charge in [0.25, 0.3) is 11.7 Å². The summed E-state index contributed by atoms with van der Waals surface area (Å²) in [6.45, 7) is 2.67. The van der Waals surface area contributed by atoms with E-state index in [-0.39, 0.29) is 17.9 Å². The number of Topliss-reactive ketones (excluding diaryl/α,β-unsaturated/α-hetero) is 1. The number of ketones is 1. The fraction of sp³-hybridized carbons (Fsp3) is 0.304. The second kappa shape index (κ2) is 9.78. The van der Waals surface area contributed by atoms with E-state index in [2.05, 4.69) is 0 Å². The minimum absolute atomic E-state index is 0.0252. The van der Waals surface area contributed by atoms with Crippen LogP contribution in [0.15, 0.2) is 54.1 Å². The lowest BCUT2D eigenvalue weighted by molar-refractivity contribution is -0.139. The van der Waals surface area contributed by atoms with Crippen LogP contribution in [0.1, 0.15) is 36.9 Å². The molecule has 0 aromatic heterocycles. The normalized spacial score (nSPS) is 18.1. The third-order valence-corrected chi connectivity index (χ3v) is 5.12. The Balaban J connectivity index is 2.08. The predicted octanol–water partition coefficient (Wildman–Crippen LogP) is 3.93. The third kappa shape index (κ3) is 4.50. The number of nitrogens with zero attached hydrogens (tertiary/aromatic N) is 1. The van der Waals surface area contributed by atoms with Gasteiger partial charge in [0, 0.05) is 30.2 Å². The summed E-state index contributed by atoms with van der Waals surface area (Å²) in [6.07, 6.45) is 1.16. The molecule has 2 aromatic rings. The number of aliphatic hydroxyl groups is 2. The van der Waals surface area contributed by atoms with Crippen molar-refractivity contribution >= 4 is 29.1 Å². The molecular weight excluding hydrogens is 406 g/mol. The highest BCUT2D eigenvalue weighted by molar-refractivity contribution is 6.46. The van der Waals surface area contributed by atoms with Gasteiger partial charge in [0.05, 0.1) is 18.2 Å². The second-order valence-electron chi connectivity index (χ2n) is 7.00. The molecule has 6 nitrogen and oxygen atoms in total. The van der Waals surface area contributed by atoms with Gasteiger partial charge in [0.1, 0.15) is 11.5 Å². The minimum Gasteiger partial charge on any atom is -0.507 e. The number of carbonyl (C=O) groups is 2. The number of hydrogen-bond acceptors (Lipinski definition) is 5. The van der Waals surface area contributed by atoms with Gasteiger partial charge < -0.3 is 19.8 Å². The minimum atomic E-state index is -0.720. The maximum atomic E-state index is 12.9. The van der Waals surface area contributed by atoms with Gasteiger partial charge in [-0.1, -0.05) is 30.7 Å². The number of ether oxygens (including phenoxy) is 1. The van der Waals surface area contributed by atoms with Gasteiger partial charge in [-0.3, -0.25) is 9.59 Å². The second-order valence-corrected chi connectivity index (χ2v) is 7.43. The standard InChI is InChI=1S/C23H24ClNO5/c1-2-11-25-20(16-5-3-6-18(14-16)30-13-4-12-26)19(22(28)23(25)29)21(27)15-7-9-17(24)10-8-15/h3,5-10,14,20,26-27H,2,4,11-13H2,1H3/b21-19-. The van der Waals surface area contributed by atoms with Crippen molar-refractivity contribution in [2.75, 3.05) is 19.8 Å². The quantitative estimate of drug-likeness (QED) is 0.287. The van der Waals surface area contributed by atoms with Gasteiger partial charge in [0.15, 0.2) is 0 Å². The fourth-order valence-corrected chi connectivity index (χ4v) is 3.62. The van der Waals surface area contributed by atoms with Crippen molar-refractivity contribution in [1.29, 1.82) is 0 Å². The maximum Gasteiger partial charge on any atom is 0.295 e. The zero-order chi connectivity index (χ0) is 21.7. The van der Waals surface area contributed by atoms with Crippen molar-refractivity contribution in [2.45, 2.75) is 25.8 Å². The highest BCUT2D eigenvalue weighted by Crippen LogP contribution is 2.40. The zero-order valence-electron chi connectivity index (χ0n) is 16.7. The number of hydrogen-bond donors (Lipinski definition) is 2. The van der Waals surface area contributed by atoms with Gasteiger partial charge >= 0.3 is 0 Å². The van der Waals surface area contributed by atoms with Crippen molar-refractivity contribution < 1.29 is 24.5 Å². The van der Waals surface area contributed by atoms with Crippen LogP contribution in [0.4, 0.5) is 0 Å². The van der Waals surface area contributed by atoms with E-state index in [9.17, 15) is 14.7 Å². The van der Waals surface area contributed by atoms with E-state index in [0.29, 0.717) is 47.9 Å². The van der Waals surface area contributed by atoms with Crippen LogP contribution in [-0.2, 0) is 9.59 Å². The highest BCUT2D eigenvalue weighted by atomic mass is 35.5. The molecule has 158 valence electrons. The Hall–Kier alpha value is -2.83. The molecule has 2 N–H and O–H groups in total. The van der Waals surface area contributed by atoms with Crippen molar-refractivity contribution in [3.05, 3.63) is 70.3 Å². The first-order valence-electron chi connectivity index (χ1n) is 9.86. The van der Waals surface area contributed by atoms with E-state index in [1.807, 2.05) is 6.92 Å². The SMILES string of the molecule is CCCN1C(=O)C(=O)/C(=C(\O)c2ccc(Cl)cc2)C1c1cccc(OCCCO)c1. The lowest BCUT2D eigenvalue weighted by Gasteiger charge is -2.25. The summed E-state index contributed by atoms with van der Waals surface area (Å²) in [6, 6.07) is 12.8. The molecule has 0 spiro atoms. The molecule has 1 saturated heterocycles. The van der Waals surface area contributed by atoms with Crippen LogP contribution in [0.25, 0.3) is 5.76 Å². The van der Waals surface area contributed by atoms with Crippen LogP contribution in [0, 0.1) is 0 Å². The van der Waals surface area contributed by atoms with E-state index >= 15 is 0 Å². The average Bonchev–Trinajstić information content (AvgIpc) is 2.99. The molecule has 7 heteroatoms. The number of amides is 1. The van der Waals surface area contributed by atoms with Crippen LogP contribution in [-0.4, -0.2) is 46.6 Å². The largest absolute Gasteiger partial charge is 0.507 e. The molecule has 1 aliphatic rings. The Morgan fingerprint density at radius 1 is 1.17 bits per heavy atom. The first kappa shape index (κ1) is 21.9. The summed E-state index contributed by atoms with van der Waals surface area (Å²) in [7, 11) is 0. The topological polar surface area (TPSA) is 87.1 Å². The molecule has 1 fully saturated rings. The first-order valence-corrected chi connectivity index (χ1v) is 10.2. The lowest BCUT2D eigenvalue weighted by atomic mass is 9.95. The van der Waals surface area contributed by atoms with E-state index in [0.717, 1.165) is 0 Å². The number of benzene rings is 2. The smallest absolute Gasteiger partial charge is 0.295 e. The van der Waals surface area contributed by atoms with Gasteiger partial charge in [-0.2, -0.15) is 0 Å². The summed E-state index contributed by atoms with van der Waals surface area (Å²) < 4.78 is 5.65. The van der Waals surface area contributed by atoms with Crippen molar-refractivity contribution in [2.24, 2.45) is 0 Å². The fourth-order valence-electron chi connectivity index (χ4n) is 3.49. The van der Waals surface area contributed by atoms with Crippen molar-refractivity contribution in [3.63, 3.8) is 0 Å². The molecular formula is C23H24ClNO5.